The highest BCUT2D eigenvalue weighted by Crippen LogP contribution is 2.22. The molecular weight excluding hydrogens is 382 g/mol. The molecule has 1 aromatic heterocycles. The number of benzene rings is 1. The zero-order valence-corrected chi connectivity index (χ0v) is 16.8. The lowest BCUT2D eigenvalue weighted by Gasteiger charge is -2.23. The van der Waals surface area contributed by atoms with E-state index in [2.05, 4.69) is 35.4 Å². The van der Waals surface area contributed by atoms with Crippen LogP contribution < -0.4 is 4.90 Å². The molecule has 1 unspecified atom stereocenters. The summed E-state index contributed by atoms with van der Waals surface area (Å²) in [4.78, 5) is 1.75. The zero-order chi connectivity index (χ0) is 18.9. The van der Waals surface area contributed by atoms with Crippen LogP contribution in [0.15, 0.2) is 40.8 Å². The van der Waals surface area contributed by atoms with E-state index < -0.39 is 9.84 Å². The lowest BCUT2D eigenvalue weighted by molar-refractivity contribution is -0.918. The molecule has 1 saturated heterocycles. The summed E-state index contributed by atoms with van der Waals surface area (Å²) in [7, 11) is -2.88. The third-order valence-corrected chi connectivity index (χ3v) is 7.47. The monoisotopic (exact) mass is 406 g/mol. The molecule has 4 rings (SSSR count). The normalized spacial score (nSPS) is 24.7. The van der Waals surface area contributed by atoms with Crippen molar-refractivity contribution in [3.05, 3.63) is 52.7 Å². The van der Waals surface area contributed by atoms with Crippen LogP contribution in [-0.2, 0) is 22.9 Å². The van der Waals surface area contributed by atoms with Gasteiger partial charge in [-0.2, -0.15) is 4.68 Å². The third-order valence-electron chi connectivity index (χ3n) is 5.34. The van der Waals surface area contributed by atoms with Gasteiger partial charge in [0, 0.05) is 12.8 Å². The molecule has 1 aromatic carbocycles. The van der Waals surface area contributed by atoms with Crippen LogP contribution in [0.5, 0.6) is 0 Å². The van der Waals surface area contributed by atoms with Crippen LogP contribution in [0.3, 0.4) is 0 Å². The molecule has 2 aromatic rings. The quantitative estimate of drug-likeness (QED) is 0.763. The largest absolute Gasteiger partial charge is 0.414 e. The Morgan fingerprint density at radius 2 is 2.11 bits per heavy atom. The van der Waals surface area contributed by atoms with Gasteiger partial charge in [-0.25, -0.2) is 8.42 Å². The van der Waals surface area contributed by atoms with E-state index in [1.807, 2.05) is 6.07 Å². The van der Waals surface area contributed by atoms with Gasteiger partial charge in [-0.05, 0) is 41.8 Å². The molecule has 8 heteroatoms. The van der Waals surface area contributed by atoms with Gasteiger partial charge < -0.3 is 9.32 Å². The van der Waals surface area contributed by atoms with Crippen molar-refractivity contribution in [3.63, 3.8) is 0 Å². The van der Waals surface area contributed by atoms with Gasteiger partial charge in [0.25, 0.3) is 4.84 Å². The second-order valence-electron chi connectivity index (χ2n) is 7.44. The maximum absolute atomic E-state index is 11.6. The summed E-state index contributed by atoms with van der Waals surface area (Å²) in [6, 6.07) is 10.5. The minimum atomic E-state index is -2.88. The molecular formula is C19H24N3O3S2+. The van der Waals surface area contributed by atoms with E-state index >= 15 is 0 Å². The summed E-state index contributed by atoms with van der Waals surface area (Å²) in [6.07, 6.45) is 4.55. The fraction of sp³-hybridized carbons (Fsp3) is 0.474. The summed E-state index contributed by atoms with van der Waals surface area (Å²) in [6.45, 7) is 2.62. The van der Waals surface area contributed by atoms with E-state index in [0.717, 1.165) is 19.5 Å². The molecule has 0 spiro atoms. The lowest BCUT2D eigenvalue weighted by atomic mass is 10.00. The smallest absolute Gasteiger partial charge is 0.291 e. The number of aromatic nitrogens is 2. The number of rotatable bonds is 5. The van der Waals surface area contributed by atoms with Gasteiger partial charge in [-0.15, -0.1) is 5.10 Å². The average molecular weight is 407 g/mol. The first-order chi connectivity index (χ1) is 13.0. The average Bonchev–Trinajstić information content (AvgIpc) is 3.18. The van der Waals surface area contributed by atoms with E-state index in [-0.39, 0.29) is 17.4 Å². The Balaban J connectivity index is 1.37. The topological polar surface area (TPSA) is 69.5 Å². The highest BCUT2D eigenvalue weighted by molar-refractivity contribution is 7.91. The summed E-state index contributed by atoms with van der Waals surface area (Å²) < 4.78 is 30.6. The van der Waals surface area contributed by atoms with E-state index in [0.29, 0.717) is 30.2 Å². The minimum Gasteiger partial charge on any atom is -0.414 e. The Hall–Kier alpha value is -1.77. The van der Waals surface area contributed by atoms with Crippen molar-refractivity contribution >= 4 is 27.6 Å². The zero-order valence-electron chi connectivity index (χ0n) is 15.1. The van der Waals surface area contributed by atoms with E-state index in [4.69, 9.17) is 16.6 Å². The van der Waals surface area contributed by atoms with Gasteiger partial charge >= 0.3 is 0 Å². The van der Waals surface area contributed by atoms with Crippen LogP contribution in [-0.4, -0.2) is 42.8 Å². The van der Waals surface area contributed by atoms with Crippen LogP contribution in [0.2, 0.25) is 0 Å². The van der Waals surface area contributed by atoms with Crippen LogP contribution in [0.1, 0.15) is 24.3 Å². The maximum atomic E-state index is 11.6. The first-order valence-corrected chi connectivity index (χ1v) is 11.6. The Bertz CT molecular complexity index is 993. The molecule has 0 aliphatic carbocycles. The summed E-state index contributed by atoms with van der Waals surface area (Å²) >= 11 is 5.31. The van der Waals surface area contributed by atoms with Crippen molar-refractivity contribution in [3.8, 4) is 0 Å². The molecule has 0 bridgehead atoms. The third kappa shape index (κ3) is 4.56. The molecule has 1 N–H and O–H groups in total. The van der Waals surface area contributed by atoms with Crippen molar-refractivity contribution < 1.29 is 17.7 Å². The summed E-state index contributed by atoms with van der Waals surface area (Å²) in [5.41, 5.74) is 2.69. The molecule has 2 aliphatic rings. The number of hydrogen-bond acceptors (Lipinski definition) is 5. The van der Waals surface area contributed by atoms with Gasteiger partial charge in [-0.3, -0.25) is 0 Å². The van der Waals surface area contributed by atoms with E-state index in [9.17, 15) is 8.42 Å². The molecule has 144 valence electrons. The molecule has 0 radical (unpaired) electrons. The fourth-order valence-electron chi connectivity index (χ4n) is 3.86. The van der Waals surface area contributed by atoms with Crippen molar-refractivity contribution in [1.82, 2.24) is 9.78 Å². The number of hydrogen-bond donors (Lipinski definition) is 1. The number of nitrogens with one attached hydrogen (secondary N) is 1. The van der Waals surface area contributed by atoms with Crippen molar-refractivity contribution in [2.45, 2.75) is 25.9 Å². The van der Waals surface area contributed by atoms with Crippen LogP contribution in [0.4, 0.5) is 0 Å². The highest BCUT2D eigenvalue weighted by Gasteiger charge is 2.29. The Morgan fingerprint density at radius 1 is 1.30 bits per heavy atom. The second kappa shape index (κ2) is 7.69. The van der Waals surface area contributed by atoms with Gasteiger partial charge in [0.05, 0.1) is 24.6 Å². The van der Waals surface area contributed by atoms with Gasteiger partial charge in [0.1, 0.15) is 0 Å². The minimum absolute atomic E-state index is 0.0928. The summed E-state index contributed by atoms with van der Waals surface area (Å²) in [5, 5.41) is 4.50. The molecule has 3 heterocycles. The number of sulfone groups is 1. The Morgan fingerprint density at radius 3 is 2.78 bits per heavy atom. The maximum Gasteiger partial charge on any atom is 0.291 e. The Kier molecular flexibility index (Phi) is 5.29. The number of quaternary nitrogens is 1. The van der Waals surface area contributed by atoms with Crippen LogP contribution in [0.25, 0.3) is 5.57 Å². The molecule has 6 nitrogen and oxygen atoms in total. The molecule has 1 fully saturated rings. The van der Waals surface area contributed by atoms with E-state index in [1.54, 1.807) is 4.68 Å². The lowest BCUT2D eigenvalue weighted by Crippen LogP contribution is -3.11. The second-order valence-corrected chi connectivity index (χ2v) is 10.0. The molecule has 0 saturated carbocycles. The molecule has 2 atom stereocenters. The van der Waals surface area contributed by atoms with Crippen molar-refractivity contribution in [2.24, 2.45) is 5.92 Å². The Labute approximate surface area is 164 Å². The fourth-order valence-corrected chi connectivity index (χ4v) is 5.93. The first kappa shape index (κ1) is 18.6. The standard InChI is InChI=1S/C19H23N3O3S2/c23-27(24)11-8-15(13-27)12-18-20-22(19(26)25-18)14-21-9-6-17(7-10-21)16-4-2-1-3-5-16/h1-6,15H,7-14H2/p+1/t15-/m0/s1. The van der Waals surface area contributed by atoms with E-state index in [1.165, 1.54) is 16.0 Å². The molecule has 0 amide bonds. The van der Waals surface area contributed by atoms with Crippen molar-refractivity contribution in [2.75, 3.05) is 24.6 Å². The van der Waals surface area contributed by atoms with Crippen molar-refractivity contribution in [1.29, 1.82) is 0 Å². The predicted octanol–water partition coefficient (Wildman–Crippen LogP) is 1.51. The predicted molar refractivity (Wildman–Crippen MR) is 106 cm³/mol. The first-order valence-electron chi connectivity index (χ1n) is 9.34. The van der Waals surface area contributed by atoms with Crippen LogP contribution in [0, 0.1) is 10.8 Å². The highest BCUT2D eigenvalue weighted by atomic mass is 32.2. The SMILES string of the molecule is O=S1(=O)CC[C@@H](Cc2nn(C[NH+]3CC=C(c4ccccc4)CC3)c(=S)o2)C1. The molecule has 2 aliphatic heterocycles. The van der Waals surface area contributed by atoms with Gasteiger partial charge in [-0.1, -0.05) is 30.3 Å². The summed E-state index contributed by atoms with van der Waals surface area (Å²) in [5.74, 6) is 1.15. The van der Waals surface area contributed by atoms with Gasteiger partial charge in [0.2, 0.25) is 5.89 Å². The van der Waals surface area contributed by atoms with Gasteiger partial charge in [0.15, 0.2) is 16.5 Å². The van der Waals surface area contributed by atoms with Crippen LogP contribution >= 0.6 is 12.2 Å². The molecule has 27 heavy (non-hydrogen) atoms. The number of nitrogens with zero attached hydrogens (tertiary/aromatic N) is 2.